The minimum atomic E-state index is -2.64. The summed E-state index contributed by atoms with van der Waals surface area (Å²) in [6.45, 7) is 1.67. The first kappa shape index (κ1) is 25.0. The highest BCUT2D eigenvalue weighted by molar-refractivity contribution is 6.24. The van der Waals surface area contributed by atoms with Crippen molar-refractivity contribution in [1.82, 2.24) is 0 Å². The largest absolute Gasteiger partial charge is 0.511 e. The maximum absolute atomic E-state index is 13.7. The molecule has 0 saturated heterocycles. The molecule has 1 aromatic carbocycles. The van der Waals surface area contributed by atoms with E-state index in [2.05, 4.69) is 5.32 Å². The molecule has 0 saturated carbocycles. The van der Waals surface area contributed by atoms with Gasteiger partial charge in [-0.1, -0.05) is 0 Å². The number of rotatable bonds is 4. The van der Waals surface area contributed by atoms with Gasteiger partial charge in [0.05, 0.1) is 17.9 Å². The average molecular weight is 501 g/mol. The lowest BCUT2D eigenvalue weighted by Gasteiger charge is -2.45. The van der Waals surface area contributed by atoms with Crippen molar-refractivity contribution in [3.63, 3.8) is 0 Å². The lowest BCUT2D eigenvalue weighted by atomic mass is 9.60. The number of phenols is 1. The number of anilines is 2. The zero-order valence-electron chi connectivity index (χ0n) is 19.9. The fraction of sp³-hybridized carbons (Fsp3) is 0.417. The third-order valence-electron chi connectivity index (χ3n) is 7.03. The second-order valence-corrected chi connectivity index (χ2v) is 9.30. The van der Waals surface area contributed by atoms with Crippen molar-refractivity contribution in [1.29, 1.82) is 0 Å². The number of primary amides is 1. The number of carbonyl (C=O) groups excluding carboxylic acids is 4. The number of hydrogen-bond donors (Lipinski definition) is 6. The molecule has 0 heterocycles. The number of carbonyl (C=O) groups is 4. The Morgan fingerprint density at radius 2 is 1.89 bits per heavy atom. The number of hydrogen-bond acceptors (Lipinski definition) is 10. The number of aliphatic hydroxyl groups is 3. The van der Waals surface area contributed by atoms with Gasteiger partial charge in [-0.05, 0) is 37.3 Å². The fourth-order valence-corrected chi connectivity index (χ4v) is 5.44. The molecule has 1 aromatic rings. The third kappa shape index (κ3) is 3.48. The van der Waals surface area contributed by atoms with Crippen molar-refractivity contribution < 1.29 is 44.3 Å². The van der Waals surface area contributed by atoms with Gasteiger partial charge in [0.15, 0.2) is 17.1 Å². The Hall–Kier alpha value is -4.06. The van der Waals surface area contributed by atoms with E-state index in [1.165, 1.54) is 6.07 Å². The van der Waals surface area contributed by atoms with Crippen LogP contribution in [0.3, 0.4) is 0 Å². The summed E-state index contributed by atoms with van der Waals surface area (Å²) < 4.78 is 4.86. The molecule has 0 fully saturated rings. The van der Waals surface area contributed by atoms with Gasteiger partial charge < -0.3 is 35.8 Å². The van der Waals surface area contributed by atoms with E-state index in [-0.39, 0.29) is 42.7 Å². The highest BCUT2D eigenvalue weighted by atomic mass is 16.5. The van der Waals surface area contributed by atoms with E-state index in [1.807, 2.05) is 0 Å². The van der Waals surface area contributed by atoms with Crippen LogP contribution in [0.25, 0.3) is 0 Å². The van der Waals surface area contributed by atoms with Gasteiger partial charge in [-0.3, -0.25) is 19.7 Å². The van der Waals surface area contributed by atoms with Crippen molar-refractivity contribution in [2.45, 2.75) is 31.8 Å². The lowest BCUT2D eigenvalue weighted by molar-refractivity contribution is -0.144. The predicted molar refractivity (Wildman–Crippen MR) is 126 cm³/mol. The zero-order chi connectivity index (χ0) is 26.7. The van der Waals surface area contributed by atoms with Crippen LogP contribution in [0.15, 0.2) is 28.7 Å². The Balaban J connectivity index is 1.90. The fourth-order valence-electron chi connectivity index (χ4n) is 5.44. The maximum Gasteiger partial charge on any atom is 0.411 e. The topological polar surface area (TPSA) is 200 Å². The summed E-state index contributed by atoms with van der Waals surface area (Å²) in [4.78, 5) is 52.2. The number of amides is 2. The Bertz CT molecular complexity index is 1280. The number of allylic oxidation sites excluding steroid dienone is 2. The van der Waals surface area contributed by atoms with Crippen LogP contribution in [-0.4, -0.2) is 70.3 Å². The van der Waals surface area contributed by atoms with E-state index in [4.69, 9.17) is 10.5 Å². The second-order valence-electron chi connectivity index (χ2n) is 9.30. The molecule has 3 aliphatic rings. The Morgan fingerprint density at radius 3 is 2.47 bits per heavy atom. The van der Waals surface area contributed by atoms with Gasteiger partial charge >= 0.3 is 6.09 Å². The summed E-state index contributed by atoms with van der Waals surface area (Å²) in [7, 11) is 3.42. The molecule has 2 amide bonds. The number of aliphatic hydroxyl groups excluding tert-OH is 2. The van der Waals surface area contributed by atoms with Crippen LogP contribution in [-0.2, 0) is 20.7 Å². The van der Waals surface area contributed by atoms with Crippen LogP contribution < -0.4 is 16.0 Å². The minimum absolute atomic E-state index is 0.0272. The number of aromatic hydroxyl groups is 1. The molecule has 12 nitrogen and oxygen atoms in total. The molecule has 0 radical (unpaired) electrons. The van der Waals surface area contributed by atoms with E-state index in [0.717, 1.165) is 0 Å². The molecule has 12 heteroatoms. The average Bonchev–Trinajstić information content (AvgIpc) is 2.77. The van der Waals surface area contributed by atoms with E-state index in [1.54, 1.807) is 25.9 Å². The molecule has 3 atom stereocenters. The molecule has 0 bridgehead atoms. The number of ether oxygens (including phenoxy) is 1. The molecule has 7 N–H and O–H groups in total. The molecule has 3 aliphatic carbocycles. The lowest BCUT2D eigenvalue weighted by Crippen LogP contribution is -2.57. The van der Waals surface area contributed by atoms with Crippen molar-refractivity contribution >= 4 is 34.9 Å². The van der Waals surface area contributed by atoms with Crippen LogP contribution >= 0.6 is 0 Å². The first-order valence-corrected chi connectivity index (χ1v) is 11.3. The normalized spacial score (nSPS) is 25.1. The van der Waals surface area contributed by atoms with Gasteiger partial charge in [-0.2, -0.15) is 0 Å². The summed E-state index contributed by atoms with van der Waals surface area (Å²) in [6.07, 6.45) is -0.980. The van der Waals surface area contributed by atoms with Crippen LogP contribution in [0.1, 0.15) is 35.7 Å². The molecule has 0 aromatic heterocycles. The first-order chi connectivity index (χ1) is 16.8. The number of benzene rings is 1. The Labute approximate surface area is 205 Å². The number of nitrogens with zero attached hydrogens (tertiary/aromatic N) is 1. The van der Waals surface area contributed by atoms with Crippen molar-refractivity contribution in [3.05, 3.63) is 39.9 Å². The number of fused-ring (bicyclic) bond motifs is 3. The molecular weight excluding hydrogens is 474 g/mol. The smallest absolute Gasteiger partial charge is 0.411 e. The monoisotopic (exact) mass is 501 g/mol. The van der Waals surface area contributed by atoms with Crippen molar-refractivity contribution in [2.75, 3.05) is 30.9 Å². The Morgan fingerprint density at radius 1 is 1.22 bits per heavy atom. The second kappa shape index (κ2) is 8.55. The van der Waals surface area contributed by atoms with Crippen LogP contribution in [0.5, 0.6) is 5.75 Å². The standard InChI is InChI=1S/C24H27N3O9/c1-4-36-23(34)26-12-8-13(27(2)3)11-6-9-5-10-7-14(28)17(22(25)33)21(32)24(10,35)20(31)15(9)19(30)16(11)18(12)29/h8-10,28-29,31,35H,4-7H2,1-3H3,(H2,25,33)(H,26,34)/t9-,10+,24+/m1/s1. The number of nitrogens with one attached hydrogen (secondary N) is 1. The number of ketones is 2. The van der Waals surface area contributed by atoms with Gasteiger partial charge in [0.1, 0.15) is 17.1 Å². The molecule has 0 unspecified atom stereocenters. The predicted octanol–water partition coefficient (Wildman–Crippen LogP) is 1.21. The van der Waals surface area contributed by atoms with Gasteiger partial charge in [-0.25, -0.2) is 4.79 Å². The first-order valence-electron chi connectivity index (χ1n) is 11.3. The van der Waals surface area contributed by atoms with Crippen LogP contribution in [0.4, 0.5) is 16.2 Å². The van der Waals surface area contributed by atoms with Gasteiger partial charge in [0, 0.05) is 37.7 Å². The molecule has 192 valence electrons. The highest BCUT2D eigenvalue weighted by Crippen LogP contribution is 2.53. The molecule has 4 rings (SSSR count). The highest BCUT2D eigenvalue weighted by Gasteiger charge is 2.59. The molecule has 0 aliphatic heterocycles. The van der Waals surface area contributed by atoms with Crippen LogP contribution in [0, 0.1) is 11.8 Å². The quantitative estimate of drug-likeness (QED) is 0.257. The summed E-state index contributed by atoms with van der Waals surface area (Å²) in [6, 6.07) is 1.49. The van der Waals surface area contributed by atoms with E-state index >= 15 is 0 Å². The third-order valence-corrected chi connectivity index (χ3v) is 7.03. The van der Waals surface area contributed by atoms with Crippen molar-refractivity contribution in [2.24, 2.45) is 17.6 Å². The zero-order valence-corrected chi connectivity index (χ0v) is 19.9. The van der Waals surface area contributed by atoms with Gasteiger partial charge in [0.25, 0.3) is 5.91 Å². The molecular formula is C24H27N3O9. The van der Waals surface area contributed by atoms with Gasteiger partial charge in [-0.15, -0.1) is 0 Å². The van der Waals surface area contributed by atoms with E-state index in [9.17, 15) is 39.6 Å². The summed E-state index contributed by atoms with van der Waals surface area (Å²) in [5, 5.41) is 46.0. The SMILES string of the molecule is CCOC(=O)Nc1cc(N(C)C)c2c(c1O)C(=O)C1=C(O)[C@]3(O)C(=O)C(C(N)=O)=C(O)C[C@@H]3C[C@@H]1C2. The Kier molecular flexibility index (Phi) is 5.95. The summed E-state index contributed by atoms with van der Waals surface area (Å²) >= 11 is 0. The van der Waals surface area contributed by atoms with E-state index in [0.29, 0.717) is 11.3 Å². The summed E-state index contributed by atoms with van der Waals surface area (Å²) in [5.74, 6) is -7.16. The molecule has 0 spiro atoms. The van der Waals surface area contributed by atoms with Crippen molar-refractivity contribution in [3.8, 4) is 5.75 Å². The molecule has 36 heavy (non-hydrogen) atoms. The number of phenolic OH excluding ortho intramolecular Hbond substituents is 1. The van der Waals surface area contributed by atoms with E-state index < -0.39 is 63.8 Å². The number of nitrogens with two attached hydrogens (primary N) is 1. The minimum Gasteiger partial charge on any atom is -0.511 e. The number of Topliss-reactive ketones (excluding diaryl/α,β-unsaturated/α-hetero) is 2. The van der Waals surface area contributed by atoms with Gasteiger partial charge in [0.2, 0.25) is 5.78 Å². The maximum atomic E-state index is 13.7. The summed E-state index contributed by atoms with van der Waals surface area (Å²) in [5.41, 5.74) is 2.10. The van der Waals surface area contributed by atoms with Crippen LogP contribution in [0.2, 0.25) is 0 Å².